The molecule has 0 aliphatic carbocycles. The van der Waals surface area contributed by atoms with E-state index in [0.29, 0.717) is 5.70 Å². The summed E-state index contributed by atoms with van der Waals surface area (Å²) in [5.41, 5.74) is 5.83. The molecule has 1 amide bonds. The molecule has 0 aliphatic rings. The van der Waals surface area contributed by atoms with Crippen molar-refractivity contribution >= 4 is 5.91 Å². The van der Waals surface area contributed by atoms with Crippen molar-refractivity contribution in [1.29, 1.82) is 0 Å². The third kappa shape index (κ3) is 3.68. The summed E-state index contributed by atoms with van der Waals surface area (Å²) in [4.78, 5) is 11.8. The molecule has 1 aromatic heterocycles. The molecule has 0 saturated carbocycles. The van der Waals surface area contributed by atoms with Gasteiger partial charge in [0.1, 0.15) is 5.76 Å². The number of rotatable bonds is 5. The molecule has 0 saturated heterocycles. The lowest BCUT2D eigenvalue weighted by atomic mass is 10.3. The van der Waals surface area contributed by atoms with Crippen LogP contribution in [-0.4, -0.2) is 5.91 Å². The number of aryl methyl sites for hydroxylation is 1. The van der Waals surface area contributed by atoms with Gasteiger partial charge in [0.25, 0.3) is 5.91 Å². The van der Waals surface area contributed by atoms with Crippen molar-refractivity contribution in [2.45, 2.75) is 13.3 Å². The van der Waals surface area contributed by atoms with Crippen LogP contribution in [0.15, 0.2) is 53.3 Å². The molecule has 0 atom stereocenters. The minimum absolute atomic E-state index is 0.280. The zero-order valence-electron chi connectivity index (χ0n) is 9.77. The van der Waals surface area contributed by atoms with Crippen molar-refractivity contribution in [2.75, 3.05) is 0 Å². The second-order valence-corrected chi connectivity index (χ2v) is 3.29. The Morgan fingerprint density at radius 3 is 2.88 bits per heavy atom. The fraction of sp³-hybridized carbons (Fsp3) is 0.154. The van der Waals surface area contributed by atoms with Crippen LogP contribution >= 0.6 is 0 Å². The Kier molecular flexibility index (Phi) is 4.81. The normalized spacial score (nSPS) is 11.7. The topological polar surface area (TPSA) is 68.3 Å². The first-order chi connectivity index (χ1) is 8.21. The average Bonchev–Trinajstić information content (AvgIpc) is 2.78. The van der Waals surface area contributed by atoms with Crippen molar-refractivity contribution < 1.29 is 9.21 Å². The van der Waals surface area contributed by atoms with Gasteiger partial charge in [0.2, 0.25) is 0 Å². The fourth-order valence-corrected chi connectivity index (χ4v) is 1.25. The number of nitrogens with one attached hydrogen (secondary N) is 1. The third-order valence-electron chi connectivity index (χ3n) is 2.06. The predicted octanol–water partition coefficient (Wildman–Crippen LogP) is 2.11. The minimum Gasteiger partial charge on any atom is -0.456 e. The number of furan rings is 1. The molecule has 0 bridgehead atoms. The summed E-state index contributed by atoms with van der Waals surface area (Å²) in [6, 6.07) is 3.43. The number of carbonyl (C=O) groups excluding carboxylic acids is 1. The van der Waals surface area contributed by atoms with Gasteiger partial charge in [-0.2, -0.15) is 0 Å². The van der Waals surface area contributed by atoms with Gasteiger partial charge < -0.3 is 15.5 Å². The van der Waals surface area contributed by atoms with E-state index in [1.807, 2.05) is 6.92 Å². The SMILES string of the molecule is C=C/C=C(\C=C/N)NC(=O)c1ccc(CC)o1. The quantitative estimate of drug-likeness (QED) is 0.764. The van der Waals surface area contributed by atoms with Crippen LogP contribution in [0.3, 0.4) is 0 Å². The maximum atomic E-state index is 11.8. The van der Waals surface area contributed by atoms with E-state index >= 15 is 0 Å². The largest absolute Gasteiger partial charge is 0.456 e. The van der Waals surface area contributed by atoms with E-state index in [9.17, 15) is 4.79 Å². The van der Waals surface area contributed by atoms with E-state index in [2.05, 4.69) is 11.9 Å². The molecule has 0 aromatic carbocycles. The van der Waals surface area contributed by atoms with Crippen molar-refractivity contribution in [3.8, 4) is 0 Å². The van der Waals surface area contributed by atoms with E-state index in [-0.39, 0.29) is 11.7 Å². The number of carbonyl (C=O) groups is 1. The summed E-state index contributed by atoms with van der Waals surface area (Å²) in [6.07, 6.45) is 6.88. The summed E-state index contributed by atoms with van der Waals surface area (Å²) in [5, 5.41) is 2.66. The number of nitrogens with two attached hydrogens (primary N) is 1. The van der Waals surface area contributed by atoms with Crippen LogP contribution in [0.1, 0.15) is 23.2 Å². The number of hydrogen-bond acceptors (Lipinski definition) is 3. The zero-order chi connectivity index (χ0) is 12.7. The lowest BCUT2D eigenvalue weighted by Crippen LogP contribution is -2.21. The standard InChI is InChI=1S/C13H16N2O2/c1-3-5-10(8-9-14)15-13(16)12-7-6-11(4-2)17-12/h3,5-9H,1,4,14H2,2H3,(H,15,16)/b9-8-,10-5+. The van der Waals surface area contributed by atoms with Crippen LogP contribution in [-0.2, 0) is 6.42 Å². The summed E-state index contributed by atoms with van der Waals surface area (Å²) in [7, 11) is 0. The number of amides is 1. The average molecular weight is 232 g/mol. The van der Waals surface area contributed by atoms with Crippen molar-refractivity contribution in [3.63, 3.8) is 0 Å². The monoisotopic (exact) mass is 232 g/mol. The molecule has 0 unspecified atom stereocenters. The van der Waals surface area contributed by atoms with Gasteiger partial charge in [0.05, 0.1) is 0 Å². The van der Waals surface area contributed by atoms with Crippen molar-refractivity contribution in [3.05, 3.63) is 60.4 Å². The molecular weight excluding hydrogens is 216 g/mol. The first-order valence-corrected chi connectivity index (χ1v) is 5.32. The minimum atomic E-state index is -0.309. The highest BCUT2D eigenvalue weighted by atomic mass is 16.3. The van der Waals surface area contributed by atoms with Crippen LogP contribution in [0, 0.1) is 0 Å². The summed E-state index contributed by atoms with van der Waals surface area (Å²) in [6.45, 7) is 5.51. The van der Waals surface area contributed by atoms with E-state index in [4.69, 9.17) is 10.2 Å². The van der Waals surface area contributed by atoms with Gasteiger partial charge in [-0.05, 0) is 30.5 Å². The van der Waals surface area contributed by atoms with Gasteiger partial charge in [-0.25, -0.2) is 0 Å². The molecular formula is C13H16N2O2. The molecule has 0 fully saturated rings. The van der Waals surface area contributed by atoms with Gasteiger partial charge in [0.15, 0.2) is 5.76 Å². The van der Waals surface area contributed by atoms with Gasteiger partial charge in [0, 0.05) is 12.1 Å². The first-order valence-electron chi connectivity index (χ1n) is 5.32. The second-order valence-electron chi connectivity index (χ2n) is 3.29. The molecule has 1 aromatic rings. The lowest BCUT2D eigenvalue weighted by molar-refractivity contribution is 0.0938. The maximum Gasteiger partial charge on any atom is 0.291 e. The van der Waals surface area contributed by atoms with E-state index in [1.54, 1.807) is 30.4 Å². The van der Waals surface area contributed by atoms with E-state index in [0.717, 1.165) is 12.2 Å². The molecule has 0 radical (unpaired) electrons. The Balaban J connectivity index is 2.76. The molecule has 1 rings (SSSR count). The highest BCUT2D eigenvalue weighted by molar-refractivity contribution is 5.93. The van der Waals surface area contributed by atoms with Crippen molar-refractivity contribution in [2.24, 2.45) is 5.73 Å². The van der Waals surface area contributed by atoms with Gasteiger partial charge in [-0.1, -0.05) is 19.6 Å². The van der Waals surface area contributed by atoms with Crippen LogP contribution in [0.5, 0.6) is 0 Å². The predicted molar refractivity (Wildman–Crippen MR) is 67.2 cm³/mol. The van der Waals surface area contributed by atoms with Crippen LogP contribution < -0.4 is 11.1 Å². The number of hydrogen-bond donors (Lipinski definition) is 2. The summed E-state index contributed by atoms with van der Waals surface area (Å²) in [5.74, 6) is 0.747. The van der Waals surface area contributed by atoms with E-state index < -0.39 is 0 Å². The summed E-state index contributed by atoms with van der Waals surface area (Å²) >= 11 is 0. The molecule has 3 N–H and O–H groups in total. The Bertz CT molecular complexity index is 456. The Morgan fingerprint density at radius 1 is 1.59 bits per heavy atom. The Labute approximate surface area is 100 Å². The molecule has 0 spiro atoms. The van der Waals surface area contributed by atoms with Gasteiger partial charge >= 0.3 is 0 Å². The molecule has 1 heterocycles. The first kappa shape index (κ1) is 12.8. The summed E-state index contributed by atoms with van der Waals surface area (Å²) < 4.78 is 5.33. The van der Waals surface area contributed by atoms with E-state index in [1.165, 1.54) is 6.20 Å². The second kappa shape index (κ2) is 6.37. The zero-order valence-corrected chi connectivity index (χ0v) is 9.77. The van der Waals surface area contributed by atoms with Crippen LogP contribution in [0.2, 0.25) is 0 Å². The lowest BCUT2D eigenvalue weighted by Gasteiger charge is -2.02. The van der Waals surface area contributed by atoms with Gasteiger partial charge in [-0.15, -0.1) is 0 Å². The van der Waals surface area contributed by atoms with Crippen LogP contribution in [0.25, 0.3) is 0 Å². The maximum absolute atomic E-state index is 11.8. The Morgan fingerprint density at radius 2 is 2.35 bits per heavy atom. The molecule has 17 heavy (non-hydrogen) atoms. The Hall–Kier alpha value is -2.23. The molecule has 4 heteroatoms. The fourth-order valence-electron chi connectivity index (χ4n) is 1.25. The highest BCUT2D eigenvalue weighted by Gasteiger charge is 2.10. The third-order valence-corrected chi connectivity index (χ3v) is 2.06. The smallest absolute Gasteiger partial charge is 0.291 e. The molecule has 90 valence electrons. The molecule has 4 nitrogen and oxygen atoms in total. The van der Waals surface area contributed by atoms with Gasteiger partial charge in [-0.3, -0.25) is 4.79 Å². The number of allylic oxidation sites excluding steroid dienone is 3. The molecule has 0 aliphatic heterocycles. The van der Waals surface area contributed by atoms with Crippen molar-refractivity contribution in [1.82, 2.24) is 5.32 Å². The highest BCUT2D eigenvalue weighted by Crippen LogP contribution is 2.08. The van der Waals surface area contributed by atoms with Crippen LogP contribution in [0.4, 0.5) is 0 Å².